The molecular weight excluding hydrogens is 276 g/mol. The van der Waals surface area contributed by atoms with Crippen LogP contribution in [0, 0.1) is 6.92 Å². The van der Waals surface area contributed by atoms with Crippen molar-refractivity contribution in [3.05, 3.63) is 47.9 Å². The van der Waals surface area contributed by atoms with Gasteiger partial charge in [0.25, 0.3) is 5.91 Å². The van der Waals surface area contributed by atoms with Crippen molar-refractivity contribution in [3.8, 4) is 0 Å². The van der Waals surface area contributed by atoms with Gasteiger partial charge >= 0.3 is 0 Å². The molecule has 22 heavy (non-hydrogen) atoms. The van der Waals surface area contributed by atoms with Crippen molar-refractivity contribution < 1.29 is 4.79 Å². The van der Waals surface area contributed by atoms with Crippen LogP contribution in [-0.2, 0) is 0 Å². The number of aryl methyl sites for hydroxylation is 1. The second kappa shape index (κ2) is 8.12. The minimum Gasteiger partial charge on any atom is -0.370 e. The molecular formula is C17H22N4O. The topological polar surface area (TPSA) is 66.9 Å². The van der Waals surface area contributed by atoms with Crippen LogP contribution >= 0.6 is 0 Å². The fourth-order valence-electron chi connectivity index (χ4n) is 2.07. The first-order valence-corrected chi connectivity index (χ1v) is 7.63. The van der Waals surface area contributed by atoms with Gasteiger partial charge in [-0.2, -0.15) is 0 Å². The number of amides is 1. The van der Waals surface area contributed by atoms with Gasteiger partial charge in [-0.05, 0) is 25.0 Å². The summed E-state index contributed by atoms with van der Waals surface area (Å²) in [5.41, 5.74) is 2.17. The summed E-state index contributed by atoms with van der Waals surface area (Å²) in [4.78, 5) is 20.5. The molecule has 5 nitrogen and oxygen atoms in total. The summed E-state index contributed by atoms with van der Waals surface area (Å²) in [6, 6.07) is 9.34. The molecule has 0 unspecified atom stereocenters. The smallest absolute Gasteiger partial charge is 0.274 e. The summed E-state index contributed by atoms with van der Waals surface area (Å²) in [6.45, 7) is 4.97. The molecule has 0 spiro atoms. The SMILES string of the molecule is CCCCCNc1cc(C(=O)Nc2ccccc2C)ncn1. The quantitative estimate of drug-likeness (QED) is 0.766. The van der Waals surface area contributed by atoms with Crippen molar-refractivity contribution in [2.45, 2.75) is 33.1 Å². The Morgan fingerprint density at radius 1 is 1.18 bits per heavy atom. The first-order chi connectivity index (χ1) is 10.7. The summed E-state index contributed by atoms with van der Waals surface area (Å²) in [6.07, 6.45) is 4.86. The largest absolute Gasteiger partial charge is 0.370 e. The van der Waals surface area contributed by atoms with Crippen LogP contribution < -0.4 is 10.6 Å². The Morgan fingerprint density at radius 2 is 2.00 bits per heavy atom. The zero-order chi connectivity index (χ0) is 15.8. The first kappa shape index (κ1) is 15.9. The molecule has 0 aliphatic rings. The molecule has 0 aliphatic carbocycles. The fourth-order valence-corrected chi connectivity index (χ4v) is 2.07. The summed E-state index contributed by atoms with van der Waals surface area (Å²) < 4.78 is 0. The van der Waals surface area contributed by atoms with Gasteiger partial charge in [0.1, 0.15) is 17.8 Å². The van der Waals surface area contributed by atoms with Crippen molar-refractivity contribution in [3.63, 3.8) is 0 Å². The van der Waals surface area contributed by atoms with Gasteiger partial charge in [-0.25, -0.2) is 9.97 Å². The maximum Gasteiger partial charge on any atom is 0.274 e. The average Bonchev–Trinajstić information content (AvgIpc) is 2.54. The van der Waals surface area contributed by atoms with Gasteiger partial charge < -0.3 is 10.6 Å². The monoisotopic (exact) mass is 298 g/mol. The molecule has 0 fully saturated rings. The molecule has 0 saturated heterocycles. The van der Waals surface area contributed by atoms with Crippen molar-refractivity contribution in [1.82, 2.24) is 9.97 Å². The van der Waals surface area contributed by atoms with Gasteiger partial charge in [0.05, 0.1) is 0 Å². The van der Waals surface area contributed by atoms with Crippen molar-refractivity contribution in [2.24, 2.45) is 0 Å². The van der Waals surface area contributed by atoms with Gasteiger partial charge in [-0.15, -0.1) is 0 Å². The second-order valence-corrected chi connectivity index (χ2v) is 5.19. The van der Waals surface area contributed by atoms with Crippen LogP contribution in [0.4, 0.5) is 11.5 Å². The highest BCUT2D eigenvalue weighted by molar-refractivity contribution is 6.03. The zero-order valence-electron chi connectivity index (χ0n) is 13.1. The highest BCUT2D eigenvalue weighted by Gasteiger charge is 2.10. The highest BCUT2D eigenvalue weighted by Crippen LogP contribution is 2.14. The lowest BCUT2D eigenvalue weighted by Gasteiger charge is -2.09. The van der Waals surface area contributed by atoms with E-state index in [1.807, 2.05) is 31.2 Å². The summed E-state index contributed by atoms with van der Waals surface area (Å²) >= 11 is 0. The molecule has 1 heterocycles. The number of hydrogen-bond donors (Lipinski definition) is 2. The van der Waals surface area contributed by atoms with E-state index in [-0.39, 0.29) is 5.91 Å². The number of para-hydroxylation sites is 1. The lowest BCUT2D eigenvalue weighted by atomic mass is 10.2. The van der Waals surface area contributed by atoms with E-state index in [9.17, 15) is 4.79 Å². The predicted octanol–water partition coefficient (Wildman–Crippen LogP) is 3.64. The normalized spacial score (nSPS) is 10.3. The summed E-state index contributed by atoms with van der Waals surface area (Å²) in [5.74, 6) is 0.453. The van der Waals surface area contributed by atoms with Gasteiger partial charge in [-0.1, -0.05) is 38.0 Å². The molecule has 1 aromatic heterocycles. The molecule has 2 aromatic rings. The van der Waals surface area contributed by atoms with Crippen LogP contribution in [0.25, 0.3) is 0 Å². The summed E-state index contributed by atoms with van der Waals surface area (Å²) in [5, 5.41) is 6.09. The number of aromatic nitrogens is 2. The molecule has 2 N–H and O–H groups in total. The van der Waals surface area contributed by atoms with E-state index in [4.69, 9.17) is 0 Å². The Balaban J connectivity index is 1.99. The third-order valence-electron chi connectivity index (χ3n) is 3.38. The van der Waals surface area contributed by atoms with E-state index < -0.39 is 0 Å². The van der Waals surface area contributed by atoms with Gasteiger partial charge in [0, 0.05) is 18.3 Å². The Labute approximate surface area is 131 Å². The zero-order valence-corrected chi connectivity index (χ0v) is 13.1. The number of benzene rings is 1. The minimum atomic E-state index is -0.228. The molecule has 0 atom stereocenters. The number of nitrogens with zero attached hydrogens (tertiary/aromatic N) is 2. The van der Waals surface area contributed by atoms with Crippen molar-refractivity contribution in [1.29, 1.82) is 0 Å². The Kier molecular flexibility index (Phi) is 5.89. The molecule has 0 saturated carbocycles. The predicted molar refractivity (Wildman–Crippen MR) is 89.2 cm³/mol. The van der Waals surface area contributed by atoms with E-state index in [0.717, 1.165) is 24.2 Å². The Hall–Kier alpha value is -2.43. The lowest BCUT2D eigenvalue weighted by molar-refractivity contribution is 0.102. The van der Waals surface area contributed by atoms with E-state index in [0.29, 0.717) is 11.5 Å². The standard InChI is InChI=1S/C17H22N4O/c1-3-4-7-10-18-16-11-15(19-12-20-16)17(22)21-14-9-6-5-8-13(14)2/h5-6,8-9,11-12H,3-4,7,10H2,1-2H3,(H,21,22)(H,18,19,20). The van der Waals surface area contributed by atoms with Gasteiger partial charge in [-0.3, -0.25) is 4.79 Å². The average molecular weight is 298 g/mol. The van der Waals surface area contributed by atoms with E-state index in [2.05, 4.69) is 27.5 Å². The summed E-state index contributed by atoms with van der Waals surface area (Å²) in [7, 11) is 0. The van der Waals surface area contributed by atoms with E-state index in [1.165, 1.54) is 19.2 Å². The number of hydrogen-bond acceptors (Lipinski definition) is 4. The maximum absolute atomic E-state index is 12.3. The van der Waals surface area contributed by atoms with E-state index in [1.54, 1.807) is 6.07 Å². The van der Waals surface area contributed by atoms with Gasteiger partial charge in [0.15, 0.2) is 0 Å². The molecule has 0 bridgehead atoms. The maximum atomic E-state index is 12.3. The Bertz CT molecular complexity index is 628. The number of rotatable bonds is 7. The number of anilines is 2. The molecule has 1 aromatic carbocycles. The van der Waals surface area contributed by atoms with Crippen LogP contribution in [-0.4, -0.2) is 22.4 Å². The number of carbonyl (C=O) groups is 1. The lowest BCUT2D eigenvalue weighted by Crippen LogP contribution is -2.15. The molecule has 0 radical (unpaired) electrons. The number of carbonyl (C=O) groups excluding carboxylic acids is 1. The van der Waals surface area contributed by atoms with Crippen LogP contribution in [0.1, 0.15) is 42.2 Å². The van der Waals surface area contributed by atoms with Crippen LogP contribution in [0.2, 0.25) is 0 Å². The number of nitrogens with one attached hydrogen (secondary N) is 2. The molecule has 1 amide bonds. The first-order valence-electron chi connectivity index (χ1n) is 7.63. The third kappa shape index (κ3) is 4.55. The van der Waals surface area contributed by atoms with Gasteiger partial charge in [0.2, 0.25) is 0 Å². The van der Waals surface area contributed by atoms with Crippen LogP contribution in [0.3, 0.4) is 0 Å². The highest BCUT2D eigenvalue weighted by atomic mass is 16.1. The van der Waals surface area contributed by atoms with Crippen molar-refractivity contribution in [2.75, 3.05) is 17.2 Å². The molecule has 5 heteroatoms. The van der Waals surface area contributed by atoms with Crippen LogP contribution in [0.5, 0.6) is 0 Å². The fraction of sp³-hybridized carbons (Fsp3) is 0.353. The van der Waals surface area contributed by atoms with Crippen molar-refractivity contribution >= 4 is 17.4 Å². The van der Waals surface area contributed by atoms with E-state index >= 15 is 0 Å². The van der Waals surface area contributed by atoms with Crippen LogP contribution in [0.15, 0.2) is 36.7 Å². The number of unbranched alkanes of at least 4 members (excludes halogenated alkanes) is 2. The minimum absolute atomic E-state index is 0.228. The molecule has 2 rings (SSSR count). The molecule has 0 aliphatic heterocycles. The third-order valence-corrected chi connectivity index (χ3v) is 3.38. The second-order valence-electron chi connectivity index (χ2n) is 5.19. The Morgan fingerprint density at radius 3 is 2.77 bits per heavy atom. The molecule has 116 valence electrons.